The Balaban J connectivity index is 1.77. The maximum Gasteiger partial charge on any atom is 0.309 e. The van der Waals surface area contributed by atoms with Gasteiger partial charge in [0.15, 0.2) is 0 Å². The molecular formula is C27H29FN2O3. The van der Waals surface area contributed by atoms with Crippen molar-refractivity contribution in [2.45, 2.75) is 58.3 Å². The molecule has 1 fully saturated rings. The predicted molar refractivity (Wildman–Crippen MR) is 126 cm³/mol. The zero-order chi connectivity index (χ0) is 23.5. The first-order valence-corrected chi connectivity index (χ1v) is 11.3. The molecule has 0 saturated carbocycles. The van der Waals surface area contributed by atoms with E-state index in [1.165, 1.54) is 12.1 Å². The molecule has 1 aliphatic rings. The molecule has 0 spiro atoms. The van der Waals surface area contributed by atoms with Crippen LogP contribution in [-0.2, 0) is 16.1 Å². The molecule has 2 aromatic carbocycles. The molecule has 4 rings (SSSR count). The average Bonchev–Trinajstić information content (AvgIpc) is 3.14. The third-order valence-corrected chi connectivity index (χ3v) is 5.78. The molecule has 0 bridgehead atoms. The maximum absolute atomic E-state index is 13.7. The lowest BCUT2D eigenvalue weighted by molar-refractivity contribution is -0.156. The van der Waals surface area contributed by atoms with Gasteiger partial charge in [-0.05, 0) is 37.3 Å². The second kappa shape index (κ2) is 9.71. The highest BCUT2D eigenvalue weighted by Gasteiger charge is 2.25. The third kappa shape index (κ3) is 5.22. The average molecular weight is 449 g/mol. The van der Waals surface area contributed by atoms with E-state index in [0.717, 1.165) is 33.9 Å². The highest BCUT2D eigenvalue weighted by atomic mass is 19.1. The largest absolute Gasteiger partial charge is 0.458 e. The van der Waals surface area contributed by atoms with Gasteiger partial charge < -0.3 is 14.4 Å². The summed E-state index contributed by atoms with van der Waals surface area (Å²) in [5.41, 5.74) is 4.79. The smallest absolute Gasteiger partial charge is 0.309 e. The van der Waals surface area contributed by atoms with Gasteiger partial charge >= 0.3 is 5.97 Å². The minimum atomic E-state index is -0.678. The number of cyclic esters (lactones) is 1. The van der Waals surface area contributed by atoms with E-state index in [1.807, 2.05) is 19.1 Å². The Bertz CT molecular complexity index is 1150. The molecule has 1 aromatic heterocycles. The summed E-state index contributed by atoms with van der Waals surface area (Å²) in [5.74, 6) is 0.396. The molecule has 6 heteroatoms. The molecule has 0 amide bonds. The number of halogens is 1. The van der Waals surface area contributed by atoms with Gasteiger partial charge in [0, 0.05) is 30.0 Å². The fourth-order valence-corrected chi connectivity index (χ4v) is 4.15. The number of nitrogens with zero attached hydrogens (tertiary/aromatic N) is 2. The van der Waals surface area contributed by atoms with Crippen LogP contribution in [0.5, 0.6) is 0 Å². The maximum atomic E-state index is 13.7. The topological polar surface area (TPSA) is 64.3 Å². The first-order valence-electron chi connectivity index (χ1n) is 11.3. The number of imidazole rings is 1. The van der Waals surface area contributed by atoms with Crippen molar-refractivity contribution in [2.24, 2.45) is 0 Å². The van der Waals surface area contributed by atoms with Crippen LogP contribution in [0.4, 0.5) is 4.39 Å². The molecular weight excluding hydrogens is 419 g/mol. The van der Waals surface area contributed by atoms with E-state index in [4.69, 9.17) is 9.72 Å². The van der Waals surface area contributed by atoms with Gasteiger partial charge in [0.1, 0.15) is 17.7 Å². The first-order chi connectivity index (χ1) is 15.8. The van der Waals surface area contributed by atoms with Crippen LogP contribution in [0.1, 0.15) is 44.0 Å². The number of rotatable bonds is 6. The fourth-order valence-electron chi connectivity index (χ4n) is 4.15. The number of aromatic nitrogens is 2. The van der Waals surface area contributed by atoms with Crippen molar-refractivity contribution in [3.63, 3.8) is 0 Å². The van der Waals surface area contributed by atoms with Gasteiger partial charge in [-0.25, -0.2) is 9.37 Å². The van der Waals surface area contributed by atoms with Crippen LogP contribution in [0.25, 0.3) is 22.5 Å². The minimum absolute atomic E-state index is 0.0397. The van der Waals surface area contributed by atoms with Crippen LogP contribution in [0, 0.1) is 12.7 Å². The van der Waals surface area contributed by atoms with Crippen LogP contribution in [-0.4, -0.2) is 32.8 Å². The lowest BCUT2D eigenvalue weighted by atomic mass is 10.0. The number of aryl methyl sites for hydroxylation is 1. The second-order valence-electron chi connectivity index (χ2n) is 8.86. The van der Waals surface area contributed by atoms with E-state index in [2.05, 4.69) is 42.7 Å². The van der Waals surface area contributed by atoms with Gasteiger partial charge in [-0.2, -0.15) is 0 Å². The number of benzene rings is 2. The van der Waals surface area contributed by atoms with Crippen LogP contribution < -0.4 is 0 Å². The van der Waals surface area contributed by atoms with E-state index in [1.54, 1.807) is 12.1 Å². The van der Waals surface area contributed by atoms with Crippen molar-refractivity contribution in [3.05, 3.63) is 77.9 Å². The molecule has 2 heterocycles. The highest BCUT2D eigenvalue weighted by molar-refractivity contribution is 5.79. The molecule has 1 aliphatic heterocycles. The second-order valence-corrected chi connectivity index (χ2v) is 8.86. The van der Waals surface area contributed by atoms with Gasteiger partial charge in [0.2, 0.25) is 0 Å². The number of allylic oxidation sites excluding steroid dienone is 1. The quantitative estimate of drug-likeness (QED) is 0.405. The monoisotopic (exact) mass is 448 g/mol. The van der Waals surface area contributed by atoms with Crippen molar-refractivity contribution in [1.82, 2.24) is 9.55 Å². The SMILES string of the molecule is Cc1ccc(-c2nc(C(C)C)n(C/C=C/C3CC(O)CC(=O)O3)c2-c2ccc(F)cc2)cc1. The van der Waals surface area contributed by atoms with E-state index < -0.39 is 12.2 Å². The van der Waals surface area contributed by atoms with Crippen molar-refractivity contribution >= 4 is 5.97 Å². The number of aliphatic hydroxyl groups excluding tert-OH is 1. The Morgan fingerprint density at radius 1 is 1.15 bits per heavy atom. The number of carbonyl (C=O) groups excluding carboxylic acids is 1. The molecule has 33 heavy (non-hydrogen) atoms. The van der Waals surface area contributed by atoms with Crippen LogP contribution in [0.2, 0.25) is 0 Å². The number of ether oxygens (including phenoxy) is 1. The van der Waals surface area contributed by atoms with E-state index in [0.29, 0.717) is 13.0 Å². The Hall–Kier alpha value is -3.25. The molecule has 3 aromatic rings. The van der Waals surface area contributed by atoms with E-state index >= 15 is 0 Å². The molecule has 172 valence electrons. The van der Waals surface area contributed by atoms with Crippen molar-refractivity contribution in [1.29, 1.82) is 0 Å². The Morgan fingerprint density at radius 2 is 1.82 bits per heavy atom. The highest BCUT2D eigenvalue weighted by Crippen LogP contribution is 2.35. The zero-order valence-electron chi connectivity index (χ0n) is 19.2. The molecule has 0 aliphatic carbocycles. The summed E-state index contributed by atoms with van der Waals surface area (Å²) in [5, 5.41) is 9.87. The fraction of sp³-hybridized carbons (Fsp3) is 0.333. The lowest BCUT2D eigenvalue weighted by Gasteiger charge is -2.23. The number of hydrogen-bond donors (Lipinski definition) is 1. The Labute approximate surface area is 193 Å². The van der Waals surface area contributed by atoms with Gasteiger partial charge in [-0.3, -0.25) is 4.79 Å². The van der Waals surface area contributed by atoms with Crippen molar-refractivity contribution < 1.29 is 19.0 Å². The van der Waals surface area contributed by atoms with Crippen molar-refractivity contribution in [2.75, 3.05) is 0 Å². The molecule has 2 unspecified atom stereocenters. The molecule has 5 nitrogen and oxygen atoms in total. The minimum Gasteiger partial charge on any atom is -0.458 e. The van der Waals surface area contributed by atoms with Crippen LogP contribution in [0.3, 0.4) is 0 Å². The standard InChI is InChI=1S/C27H29FN2O3/c1-17(2)27-29-25(19-8-6-18(3)7-9-19)26(20-10-12-21(28)13-11-20)30(27)14-4-5-23-15-22(31)16-24(32)33-23/h4-13,17,22-23,31H,14-16H2,1-3H3/b5-4+. The van der Waals surface area contributed by atoms with Gasteiger partial charge in [-0.1, -0.05) is 49.8 Å². The van der Waals surface area contributed by atoms with Gasteiger partial charge in [-0.15, -0.1) is 0 Å². The van der Waals surface area contributed by atoms with Gasteiger partial charge in [0.05, 0.1) is 23.9 Å². The molecule has 2 atom stereocenters. The molecule has 1 N–H and O–H groups in total. The summed E-state index contributed by atoms with van der Waals surface area (Å²) in [7, 11) is 0. The van der Waals surface area contributed by atoms with Crippen molar-refractivity contribution in [3.8, 4) is 22.5 Å². The zero-order valence-corrected chi connectivity index (χ0v) is 19.2. The van der Waals surface area contributed by atoms with Crippen LogP contribution in [0.15, 0.2) is 60.7 Å². The molecule has 0 radical (unpaired) electrons. The Kier molecular flexibility index (Phi) is 6.75. The van der Waals surface area contributed by atoms with E-state index in [9.17, 15) is 14.3 Å². The normalized spacial score (nSPS) is 18.8. The summed E-state index contributed by atoms with van der Waals surface area (Å²) < 4.78 is 21.1. The lowest BCUT2D eigenvalue weighted by Crippen LogP contribution is -2.31. The number of carbonyl (C=O) groups is 1. The number of aliphatic hydroxyl groups is 1. The Morgan fingerprint density at radius 3 is 2.45 bits per heavy atom. The summed E-state index contributed by atoms with van der Waals surface area (Å²) in [6.07, 6.45) is 3.07. The summed E-state index contributed by atoms with van der Waals surface area (Å²) in [6.45, 7) is 6.73. The predicted octanol–water partition coefficient (Wildman–Crippen LogP) is 5.41. The van der Waals surface area contributed by atoms with Gasteiger partial charge in [0.25, 0.3) is 0 Å². The van der Waals surface area contributed by atoms with Crippen LogP contribution >= 0.6 is 0 Å². The summed E-state index contributed by atoms with van der Waals surface area (Å²) in [4.78, 5) is 16.7. The number of esters is 1. The van der Waals surface area contributed by atoms with E-state index in [-0.39, 0.29) is 24.1 Å². The summed E-state index contributed by atoms with van der Waals surface area (Å²) >= 11 is 0. The third-order valence-electron chi connectivity index (χ3n) is 5.78. The molecule has 1 saturated heterocycles. The first kappa shape index (κ1) is 22.9. The number of hydrogen-bond acceptors (Lipinski definition) is 4. The summed E-state index contributed by atoms with van der Waals surface area (Å²) in [6, 6.07) is 14.7.